The smallest absolute Gasteiger partial charge is 0.256 e. The van der Waals surface area contributed by atoms with E-state index in [1.165, 1.54) is 12.1 Å². The Kier molecular flexibility index (Phi) is 5.06. The fraction of sp³-hybridized carbons (Fsp3) is 0.294. The quantitative estimate of drug-likeness (QED) is 0.750. The lowest BCUT2D eigenvalue weighted by Gasteiger charge is -2.35. The molecular formula is C17H16BrClFN3O. The monoisotopic (exact) mass is 411 g/mol. The second-order valence-electron chi connectivity index (χ2n) is 5.72. The summed E-state index contributed by atoms with van der Waals surface area (Å²) in [6, 6.07) is 6.35. The predicted molar refractivity (Wildman–Crippen MR) is 96.2 cm³/mol. The Labute approximate surface area is 153 Å². The van der Waals surface area contributed by atoms with Gasteiger partial charge in [0, 0.05) is 36.8 Å². The highest BCUT2D eigenvalue weighted by atomic mass is 79.9. The summed E-state index contributed by atoms with van der Waals surface area (Å²) in [5.74, 6) is -0.0770. The van der Waals surface area contributed by atoms with E-state index in [0.29, 0.717) is 35.7 Å². The van der Waals surface area contributed by atoms with Gasteiger partial charge in [-0.3, -0.25) is 4.79 Å². The zero-order chi connectivity index (χ0) is 17.3. The van der Waals surface area contributed by atoms with Gasteiger partial charge in [-0.15, -0.1) is 0 Å². The number of rotatable bonds is 2. The van der Waals surface area contributed by atoms with Gasteiger partial charge in [-0.25, -0.2) is 9.37 Å². The number of pyridine rings is 1. The van der Waals surface area contributed by atoms with Crippen LogP contribution in [0.2, 0.25) is 5.02 Å². The number of hydrogen-bond acceptors (Lipinski definition) is 3. The molecule has 3 rings (SSSR count). The van der Waals surface area contributed by atoms with Crippen LogP contribution in [0.4, 0.5) is 10.2 Å². The SMILES string of the molecule is Cc1cnc(N2CCN(C(=O)c3ccc(Br)cc3F)CC2)c(Cl)c1. The maximum atomic E-state index is 14.0. The Morgan fingerprint density at radius 2 is 1.96 bits per heavy atom. The second kappa shape index (κ2) is 7.07. The molecule has 1 amide bonds. The van der Waals surface area contributed by atoms with Crippen molar-refractivity contribution in [3.05, 3.63) is 56.9 Å². The predicted octanol–water partition coefficient (Wildman–Crippen LogP) is 3.91. The molecular weight excluding hydrogens is 397 g/mol. The number of carbonyl (C=O) groups is 1. The van der Waals surface area contributed by atoms with Gasteiger partial charge in [0.25, 0.3) is 5.91 Å². The van der Waals surface area contributed by atoms with Crippen molar-refractivity contribution in [2.45, 2.75) is 6.92 Å². The van der Waals surface area contributed by atoms with Crippen LogP contribution in [0.5, 0.6) is 0 Å². The van der Waals surface area contributed by atoms with Crippen LogP contribution in [-0.4, -0.2) is 42.0 Å². The number of nitrogens with zero attached hydrogens (tertiary/aromatic N) is 3. The zero-order valence-corrected chi connectivity index (χ0v) is 15.4. The zero-order valence-electron chi connectivity index (χ0n) is 13.1. The van der Waals surface area contributed by atoms with Crippen molar-refractivity contribution in [1.29, 1.82) is 0 Å². The van der Waals surface area contributed by atoms with E-state index in [0.717, 1.165) is 11.4 Å². The van der Waals surface area contributed by atoms with E-state index < -0.39 is 5.82 Å². The van der Waals surface area contributed by atoms with Gasteiger partial charge in [-0.1, -0.05) is 27.5 Å². The number of hydrogen-bond donors (Lipinski definition) is 0. The molecule has 7 heteroatoms. The normalized spacial score (nSPS) is 14.8. The molecule has 0 radical (unpaired) electrons. The average molecular weight is 413 g/mol. The molecule has 1 saturated heterocycles. The molecule has 0 N–H and O–H groups in total. The van der Waals surface area contributed by atoms with E-state index >= 15 is 0 Å². The first kappa shape index (κ1) is 17.2. The lowest BCUT2D eigenvalue weighted by Crippen LogP contribution is -2.49. The molecule has 2 aromatic rings. The van der Waals surface area contributed by atoms with Crippen molar-refractivity contribution in [2.75, 3.05) is 31.1 Å². The molecule has 1 aromatic heterocycles. The molecule has 0 spiro atoms. The van der Waals surface area contributed by atoms with Crippen LogP contribution in [-0.2, 0) is 0 Å². The Hall–Kier alpha value is -1.66. The number of aryl methyl sites for hydroxylation is 1. The molecule has 0 aliphatic carbocycles. The van der Waals surface area contributed by atoms with E-state index in [1.54, 1.807) is 17.2 Å². The molecule has 0 atom stereocenters. The minimum atomic E-state index is -0.514. The number of amides is 1. The molecule has 1 aromatic carbocycles. The Bertz CT molecular complexity index is 778. The summed E-state index contributed by atoms with van der Waals surface area (Å²) in [5.41, 5.74) is 1.10. The van der Waals surface area contributed by atoms with Crippen molar-refractivity contribution >= 4 is 39.3 Å². The van der Waals surface area contributed by atoms with Gasteiger partial charge in [-0.05, 0) is 36.8 Å². The molecule has 2 heterocycles. The summed E-state index contributed by atoms with van der Waals surface area (Å²) in [6.45, 7) is 4.16. The lowest BCUT2D eigenvalue weighted by atomic mass is 10.1. The molecule has 4 nitrogen and oxygen atoms in total. The highest BCUT2D eigenvalue weighted by Gasteiger charge is 2.25. The molecule has 1 fully saturated rings. The average Bonchev–Trinajstić information content (AvgIpc) is 2.54. The molecule has 1 aliphatic rings. The van der Waals surface area contributed by atoms with Crippen molar-refractivity contribution in [1.82, 2.24) is 9.88 Å². The summed E-state index contributed by atoms with van der Waals surface area (Å²) in [7, 11) is 0. The van der Waals surface area contributed by atoms with Gasteiger partial charge in [0.2, 0.25) is 0 Å². The van der Waals surface area contributed by atoms with Crippen LogP contribution in [0.3, 0.4) is 0 Å². The largest absolute Gasteiger partial charge is 0.352 e. The van der Waals surface area contributed by atoms with E-state index in [4.69, 9.17) is 11.6 Å². The second-order valence-corrected chi connectivity index (χ2v) is 7.04. The standard InChI is InChI=1S/C17H16BrClFN3O/c1-11-8-14(19)16(21-10-11)22-4-6-23(7-5-22)17(24)13-3-2-12(18)9-15(13)20/h2-3,8-10H,4-7H2,1H3. The van der Waals surface area contributed by atoms with Crippen molar-refractivity contribution in [3.63, 3.8) is 0 Å². The van der Waals surface area contributed by atoms with Gasteiger partial charge in [0.05, 0.1) is 10.6 Å². The van der Waals surface area contributed by atoms with Crippen molar-refractivity contribution in [2.24, 2.45) is 0 Å². The molecule has 126 valence electrons. The first-order valence-electron chi connectivity index (χ1n) is 7.57. The highest BCUT2D eigenvalue weighted by molar-refractivity contribution is 9.10. The fourth-order valence-electron chi connectivity index (χ4n) is 2.71. The fourth-order valence-corrected chi connectivity index (χ4v) is 3.39. The number of aromatic nitrogens is 1. The summed E-state index contributed by atoms with van der Waals surface area (Å²) in [6.07, 6.45) is 1.77. The molecule has 24 heavy (non-hydrogen) atoms. The van der Waals surface area contributed by atoms with Crippen LogP contribution >= 0.6 is 27.5 Å². The maximum absolute atomic E-state index is 14.0. The minimum absolute atomic E-state index is 0.0955. The number of piperazine rings is 1. The van der Waals surface area contributed by atoms with Crippen molar-refractivity contribution in [3.8, 4) is 0 Å². The van der Waals surface area contributed by atoms with Crippen molar-refractivity contribution < 1.29 is 9.18 Å². The van der Waals surface area contributed by atoms with E-state index in [2.05, 4.69) is 20.9 Å². The first-order valence-corrected chi connectivity index (χ1v) is 8.74. The molecule has 1 aliphatic heterocycles. The van der Waals surface area contributed by atoms with Crippen LogP contribution in [0.1, 0.15) is 15.9 Å². The minimum Gasteiger partial charge on any atom is -0.352 e. The molecule has 0 unspecified atom stereocenters. The summed E-state index contributed by atoms with van der Waals surface area (Å²) in [5, 5.41) is 0.605. The number of carbonyl (C=O) groups excluding carboxylic acids is 1. The van der Waals surface area contributed by atoms with Gasteiger partial charge in [-0.2, -0.15) is 0 Å². The Balaban J connectivity index is 1.69. The van der Waals surface area contributed by atoms with E-state index in [-0.39, 0.29) is 11.5 Å². The lowest BCUT2D eigenvalue weighted by molar-refractivity contribution is 0.0742. The number of anilines is 1. The van der Waals surface area contributed by atoms with E-state index in [9.17, 15) is 9.18 Å². The Morgan fingerprint density at radius 3 is 2.58 bits per heavy atom. The third kappa shape index (κ3) is 3.54. The summed E-state index contributed by atoms with van der Waals surface area (Å²) in [4.78, 5) is 20.6. The number of halogens is 3. The summed E-state index contributed by atoms with van der Waals surface area (Å²) >= 11 is 9.45. The van der Waals surface area contributed by atoms with Gasteiger partial charge < -0.3 is 9.80 Å². The topological polar surface area (TPSA) is 36.4 Å². The summed E-state index contributed by atoms with van der Waals surface area (Å²) < 4.78 is 14.6. The first-order chi connectivity index (χ1) is 11.5. The Morgan fingerprint density at radius 1 is 1.25 bits per heavy atom. The third-order valence-electron chi connectivity index (χ3n) is 3.99. The van der Waals surface area contributed by atoms with Gasteiger partial charge >= 0.3 is 0 Å². The van der Waals surface area contributed by atoms with E-state index in [1.807, 2.05) is 17.9 Å². The highest BCUT2D eigenvalue weighted by Crippen LogP contribution is 2.25. The third-order valence-corrected chi connectivity index (χ3v) is 4.76. The maximum Gasteiger partial charge on any atom is 0.256 e. The van der Waals surface area contributed by atoms with Crippen LogP contribution < -0.4 is 4.90 Å². The van der Waals surface area contributed by atoms with Gasteiger partial charge in [0.15, 0.2) is 0 Å². The van der Waals surface area contributed by atoms with Gasteiger partial charge in [0.1, 0.15) is 11.6 Å². The molecule has 0 bridgehead atoms. The van der Waals surface area contributed by atoms with Crippen LogP contribution in [0, 0.1) is 12.7 Å². The molecule has 0 saturated carbocycles. The number of benzene rings is 1. The van der Waals surface area contributed by atoms with Crippen LogP contribution in [0.15, 0.2) is 34.9 Å². The van der Waals surface area contributed by atoms with Crippen LogP contribution in [0.25, 0.3) is 0 Å².